The highest BCUT2D eigenvalue weighted by Crippen LogP contribution is 2.35. The Morgan fingerprint density at radius 1 is 1.10 bits per heavy atom. The quantitative estimate of drug-likeness (QED) is 0.646. The molecule has 0 bridgehead atoms. The zero-order valence-corrected chi connectivity index (χ0v) is 17.1. The van der Waals surface area contributed by atoms with Crippen molar-refractivity contribution in [3.05, 3.63) is 79.8 Å². The fourth-order valence-electron chi connectivity index (χ4n) is 3.42. The molecule has 1 unspecified atom stereocenters. The van der Waals surface area contributed by atoms with Crippen LogP contribution in [-0.4, -0.2) is 26.2 Å². The van der Waals surface area contributed by atoms with Gasteiger partial charge in [-0.25, -0.2) is 9.78 Å². The van der Waals surface area contributed by atoms with Gasteiger partial charge in [0.1, 0.15) is 11.2 Å². The molecule has 0 aliphatic carbocycles. The van der Waals surface area contributed by atoms with Gasteiger partial charge in [0.25, 0.3) is 11.5 Å². The van der Waals surface area contributed by atoms with Gasteiger partial charge in [-0.05, 0) is 37.6 Å². The Labute approximate surface area is 175 Å². The van der Waals surface area contributed by atoms with Crippen LogP contribution in [0.1, 0.15) is 23.7 Å². The lowest BCUT2D eigenvalue weighted by molar-refractivity contribution is -0.131. The van der Waals surface area contributed by atoms with Gasteiger partial charge < -0.3 is 5.32 Å². The third kappa shape index (κ3) is 3.26. The van der Waals surface area contributed by atoms with E-state index in [2.05, 4.69) is 10.3 Å². The summed E-state index contributed by atoms with van der Waals surface area (Å²) in [4.78, 5) is 43.5. The molecule has 0 spiro atoms. The van der Waals surface area contributed by atoms with E-state index in [1.807, 2.05) is 13.0 Å². The van der Waals surface area contributed by atoms with Crippen molar-refractivity contribution in [2.75, 3.05) is 0 Å². The molecule has 0 radical (unpaired) electrons. The second-order valence-electron chi connectivity index (χ2n) is 7.09. The van der Waals surface area contributed by atoms with Gasteiger partial charge in [-0.15, -0.1) is 0 Å². The number of fused-ring (bicyclic) bond motifs is 1. The van der Waals surface area contributed by atoms with Crippen molar-refractivity contribution in [2.24, 2.45) is 0 Å². The van der Waals surface area contributed by atoms with E-state index in [0.29, 0.717) is 21.9 Å². The molecule has 4 rings (SSSR count). The van der Waals surface area contributed by atoms with Gasteiger partial charge in [0.2, 0.25) is 0 Å². The van der Waals surface area contributed by atoms with Crippen LogP contribution in [0.2, 0.25) is 10.0 Å². The zero-order valence-electron chi connectivity index (χ0n) is 15.6. The summed E-state index contributed by atoms with van der Waals surface area (Å²) in [6.07, 6.45) is 1.68. The van der Waals surface area contributed by atoms with E-state index >= 15 is 0 Å². The summed E-state index contributed by atoms with van der Waals surface area (Å²) < 4.78 is 1.42. The van der Waals surface area contributed by atoms with Gasteiger partial charge in [0.05, 0.1) is 12.2 Å². The van der Waals surface area contributed by atoms with Crippen molar-refractivity contribution in [1.82, 2.24) is 19.6 Å². The number of aromatic nitrogens is 2. The number of benzene rings is 1. The predicted molar refractivity (Wildman–Crippen MR) is 109 cm³/mol. The number of nitrogens with zero attached hydrogens (tertiary/aromatic N) is 3. The fraction of sp³-hybridized carbons (Fsp3) is 0.200. The third-order valence-corrected chi connectivity index (χ3v) is 5.47. The van der Waals surface area contributed by atoms with Crippen LogP contribution in [0.3, 0.4) is 0 Å². The number of pyridine rings is 1. The second kappa shape index (κ2) is 6.86. The molecule has 29 heavy (non-hydrogen) atoms. The summed E-state index contributed by atoms with van der Waals surface area (Å²) in [6.45, 7) is 3.31. The molecule has 1 saturated heterocycles. The third-order valence-electron chi connectivity index (χ3n) is 4.93. The van der Waals surface area contributed by atoms with Gasteiger partial charge >= 0.3 is 6.03 Å². The number of carbonyl (C=O) groups is 2. The molecule has 148 valence electrons. The number of aryl methyl sites for hydroxylation is 1. The minimum absolute atomic E-state index is 0.134. The molecule has 2 aromatic heterocycles. The van der Waals surface area contributed by atoms with Crippen molar-refractivity contribution >= 4 is 40.8 Å². The minimum atomic E-state index is -1.35. The summed E-state index contributed by atoms with van der Waals surface area (Å²) in [5.41, 5.74) is 0.471. The SMILES string of the molecule is Cc1ccc2nc(CN3C(=O)NC(C)(c4ccc(Cl)cc4Cl)C3=O)cc(=O)n2c1. The second-order valence-corrected chi connectivity index (χ2v) is 7.93. The smallest absolute Gasteiger partial charge is 0.319 e. The van der Waals surface area contributed by atoms with Gasteiger partial charge in [-0.1, -0.05) is 35.3 Å². The van der Waals surface area contributed by atoms with Crippen molar-refractivity contribution < 1.29 is 9.59 Å². The van der Waals surface area contributed by atoms with E-state index in [9.17, 15) is 14.4 Å². The molecule has 7 nitrogen and oxygen atoms in total. The van der Waals surface area contributed by atoms with E-state index < -0.39 is 17.5 Å². The van der Waals surface area contributed by atoms with Crippen molar-refractivity contribution in [3.8, 4) is 0 Å². The van der Waals surface area contributed by atoms with Crippen LogP contribution in [0.5, 0.6) is 0 Å². The highest BCUT2D eigenvalue weighted by Gasteiger charge is 2.50. The van der Waals surface area contributed by atoms with Crippen LogP contribution in [-0.2, 0) is 16.9 Å². The van der Waals surface area contributed by atoms with E-state index in [1.54, 1.807) is 31.3 Å². The zero-order chi connectivity index (χ0) is 20.9. The molecule has 3 heterocycles. The first-order chi connectivity index (χ1) is 13.7. The highest BCUT2D eigenvalue weighted by molar-refractivity contribution is 6.35. The van der Waals surface area contributed by atoms with E-state index in [4.69, 9.17) is 23.2 Å². The molecule has 1 fully saturated rings. The van der Waals surface area contributed by atoms with Crippen molar-refractivity contribution in [3.63, 3.8) is 0 Å². The number of halogens is 2. The van der Waals surface area contributed by atoms with Crippen LogP contribution in [0.15, 0.2) is 47.4 Å². The molecule has 9 heteroatoms. The number of imide groups is 1. The predicted octanol–water partition coefficient (Wildman–Crippen LogP) is 3.28. The maximum Gasteiger partial charge on any atom is 0.325 e. The summed E-state index contributed by atoms with van der Waals surface area (Å²) in [6, 6.07) is 8.99. The van der Waals surface area contributed by atoms with Crippen LogP contribution in [0.25, 0.3) is 5.65 Å². The Hall–Kier alpha value is -2.90. The average Bonchev–Trinajstić information content (AvgIpc) is 2.86. The first-order valence-electron chi connectivity index (χ1n) is 8.77. The molecule has 3 amide bonds. The highest BCUT2D eigenvalue weighted by atomic mass is 35.5. The average molecular weight is 431 g/mol. The number of urea groups is 1. The maximum absolute atomic E-state index is 13.1. The Morgan fingerprint density at radius 3 is 2.59 bits per heavy atom. The molecule has 3 aromatic rings. The minimum Gasteiger partial charge on any atom is -0.319 e. The summed E-state index contributed by atoms with van der Waals surface area (Å²) in [5.74, 6) is -0.488. The molecular weight excluding hydrogens is 415 g/mol. The van der Waals surface area contributed by atoms with Crippen LogP contribution in [0, 0.1) is 6.92 Å². The Bertz CT molecular complexity index is 1240. The number of nitrogens with one attached hydrogen (secondary N) is 1. The molecule has 1 aliphatic heterocycles. The van der Waals surface area contributed by atoms with Gasteiger partial charge in [0.15, 0.2) is 0 Å². The van der Waals surface area contributed by atoms with Crippen LogP contribution in [0.4, 0.5) is 4.79 Å². The topological polar surface area (TPSA) is 83.8 Å². The van der Waals surface area contributed by atoms with E-state index in [-0.39, 0.29) is 17.1 Å². The summed E-state index contributed by atoms with van der Waals surface area (Å²) in [5, 5.41) is 3.38. The maximum atomic E-state index is 13.1. The molecule has 1 aromatic carbocycles. The molecule has 1 aliphatic rings. The number of hydrogen-bond donors (Lipinski definition) is 1. The Kier molecular flexibility index (Phi) is 4.59. The van der Waals surface area contributed by atoms with E-state index in [1.165, 1.54) is 16.5 Å². The summed E-state index contributed by atoms with van der Waals surface area (Å²) >= 11 is 12.2. The lowest BCUT2D eigenvalue weighted by atomic mass is 9.92. The van der Waals surface area contributed by atoms with Crippen molar-refractivity contribution in [2.45, 2.75) is 25.9 Å². The van der Waals surface area contributed by atoms with Crippen LogP contribution >= 0.6 is 23.2 Å². The number of hydrogen-bond acceptors (Lipinski definition) is 4. The molecular formula is C20H16Cl2N4O3. The summed E-state index contributed by atoms with van der Waals surface area (Å²) in [7, 11) is 0. The van der Waals surface area contributed by atoms with Crippen LogP contribution < -0.4 is 10.9 Å². The fourth-order valence-corrected chi connectivity index (χ4v) is 4.02. The standard InChI is InChI=1S/C20H16Cl2N4O3/c1-11-3-6-16-23-13(8-17(27)25(16)9-11)10-26-18(28)20(2,24-19(26)29)14-5-4-12(21)7-15(14)22/h3-9H,10H2,1-2H3,(H,24,29). The van der Waals surface area contributed by atoms with Crippen molar-refractivity contribution in [1.29, 1.82) is 0 Å². The first kappa shape index (κ1) is 19.4. The normalized spacial score (nSPS) is 19.1. The lowest BCUT2D eigenvalue weighted by Gasteiger charge is -2.23. The number of amides is 3. The van der Waals surface area contributed by atoms with E-state index in [0.717, 1.165) is 10.5 Å². The first-order valence-corrected chi connectivity index (χ1v) is 9.53. The monoisotopic (exact) mass is 430 g/mol. The Balaban J connectivity index is 1.69. The molecule has 0 saturated carbocycles. The lowest BCUT2D eigenvalue weighted by Crippen LogP contribution is -2.41. The number of rotatable bonds is 3. The number of carbonyl (C=O) groups excluding carboxylic acids is 2. The van der Waals surface area contributed by atoms with Gasteiger partial charge in [-0.2, -0.15) is 0 Å². The Morgan fingerprint density at radius 2 is 1.86 bits per heavy atom. The van der Waals surface area contributed by atoms with Gasteiger partial charge in [0, 0.05) is 27.9 Å². The molecule has 1 atom stereocenters. The van der Waals surface area contributed by atoms with Gasteiger partial charge in [-0.3, -0.25) is 18.9 Å². The molecule has 1 N–H and O–H groups in total. The largest absolute Gasteiger partial charge is 0.325 e.